The van der Waals surface area contributed by atoms with Crippen molar-refractivity contribution in [1.29, 1.82) is 0 Å². The van der Waals surface area contributed by atoms with Gasteiger partial charge in [0.15, 0.2) is 0 Å². The van der Waals surface area contributed by atoms with Gasteiger partial charge in [-0.15, -0.1) is 11.8 Å². The number of hydrogen-bond donors (Lipinski definition) is 0. The molecule has 33 valence electrons. The third-order valence-electron chi connectivity index (χ3n) is 0.518. The summed E-state index contributed by atoms with van der Waals surface area (Å²) in [6.45, 7) is 0.845. The molecule has 1 heterocycles. The lowest BCUT2D eigenvalue weighted by Gasteiger charge is -2.00. The van der Waals surface area contributed by atoms with Gasteiger partial charge >= 0.3 is 0 Å². The number of ether oxygens (including phenoxy) is 1. The zero-order chi connectivity index (χ0) is 4.24. The van der Waals surface area contributed by atoms with E-state index in [0.29, 0.717) is 0 Å². The summed E-state index contributed by atoms with van der Waals surface area (Å²) in [6.07, 6.45) is 1.61. The second-order valence-electron chi connectivity index (χ2n) is 0.955. The van der Waals surface area contributed by atoms with E-state index >= 15 is 0 Å². The highest BCUT2D eigenvalue weighted by Gasteiger charge is 1.87. The van der Waals surface area contributed by atoms with Gasteiger partial charge in [-0.1, -0.05) is 0 Å². The van der Waals surface area contributed by atoms with E-state index in [9.17, 15) is 0 Å². The maximum absolute atomic E-state index is 4.81. The fourth-order valence-corrected chi connectivity index (χ4v) is 0.709. The Bertz CT molecular complexity index is 52.6. The van der Waals surface area contributed by atoms with E-state index in [1.165, 1.54) is 0 Å². The Balaban J connectivity index is 2.26. The molecule has 6 heavy (non-hydrogen) atoms. The van der Waals surface area contributed by atoms with Crippen molar-refractivity contribution in [2.75, 3.05) is 12.4 Å². The van der Waals surface area contributed by atoms with Crippen LogP contribution in [-0.2, 0) is 4.74 Å². The zero-order valence-electron chi connectivity index (χ0n) is 3.31. The van der Waals surface area contributed by atoms with Crippen molar-refractivity contribution >= 4 is 11.8 Å². The lowest BCUT2D eigenvalue weighted by Crippen LogP contribution is -1.92. The summed E-state index contributed by atoms with van der Waals surface area (Å²) in [5, 5.41) is 2.85. The monoisotopic (exact) mass is 101 g/mol. The first-order chi connectivity index (χ1) is 3.00. The minimum atomic E-state index is 0.845. The van der Waals surface area contributed by atoms with E-state index < -0.39 is 0 Å². The lowest BCUT2D eigenvalue weighted by atomic mass is 10.8. The molecule has 0 amide bonds. The van der Waals surface area contributed by atoms with Gasteiger partial charge in [-0.05, 0) is 0 Å². The summed E-state index contributed by atoms with van der Waals surface area (Å²) in [4.78, 5) is 0. The zero-order valence-corrected chi connectivity index (χ0v) is 4.12. The molecule has 0 N–H and O–H groups in total. The van der Waals surface area contributed by atoms with Crippen molar-refractivity contribution < 1.29 is 4.74 Å². The standard InChI is InChI=1S/C4H5OS/c1-3-6-4-2-5-1/h1H,2,4H2. The van der Waals surface area contributed by atoms with Crippen LogP contribution in [0.2, 0.25) is 0 Å². The van der Waals surface area contributed by atoms with Gasteiger partial charge in [0, 0.05) is 5.75 Å². The molecule has 0 saturated heterocycles. The highest BCUT2D eigenvalue weighted by molar-refractivity contribution is 8.00. The Morgan fingerprint density at radius 1 is 1.83 bits per heavy atom. The minimum Gasteiger partial charge on any atom is -0.499 e. The van der Waals surface area contributed by atoms with Crippen LogP contribution in [0.25, 0.3) is 0 Å². The fraction of sp³-hybridized carbons (Fsp3) is 0.500. The maximum Gasteiger partial charge on any atom is 0.0977 e. The first-order valence-corrected chi connectivity index (χ1v) is 2.79. The molecule has 1 rings (SSSR count). The molecular weight excluding hydrogens is 96.1 g/mol. The molecule has 0 spiro atoms. The van der Waals surface area contributed by atoms with Crippen molar-refractivity contribution in [2.45, 2.75) is 0 Å². The van der Waals surface area contributed by atoms with Crippen LogP contribution in [0, 0.1) is 5.41 Å². The Kier molecular flexibility index (Phi) is 1.44. The third kappa shape index (κ3) is 0.937. The fourth-order valence-electron chi connectivity index (χ4n) is 0.276. The van der Waals surface area contributed by atoms with Gasteiger partial charge in [-0.2, -0.15) is 0 Å². The van der Waals surface area contributed by atoms with Crippen LogP contribution in [0.15, 0.2) is 6.26 Å². The summed E-state index contributed by atoms with van der Waals surface area (Å²) < 4.78 is 4.81. The Morgan fingerprint density at radius 3 is 3.00 bits per heavy atom. The van der Waals surface area contributed by atoms with E-state index in [-0.39, 0.29) is 0 Å². The third-order valence-corrected chi connectivity index (χ3v) is 1.15. The molecule has 0 unspecified atom stereocenters. The Labute approximate surface area is 41.4 Å². The molecule has 0 fully saturated rings. The van der Waals surface area contributed by atoms with Crippen LogP contribution in [0.4, 0.5) is 0 Å². The average Bonchev–Trinajstić information content (AvgIpc) is 1.72. The molecular formula is C4H5OS. The van der Waals surface area contributed by atoms with Gasteiger partial charge in [-0.3, -0.25) is 0 Å². The molecule has 2 heteroatoms. The van der Waals surface area contributed by atoms with Crippen molar-refractivity contribution in [3.8, 4) is 0 Å². The van der Waals surface area contributed by atoms with Gasteiger partial charge in [0.1, 0.15) is 0 Å². The number of rotatable bonds is 0. The second kappa shape index (κ2) is 2.13. The van der Waals surface area contributed by atoms with Crippen LogP contribution in [0.5, 0.6) is 0 Å². The van der Waals surface area contributed by atoms with Crippen LogP contribution < -0.4 is 0 Å². The molecule has 0 aromatic heterocycles. The van der Waals surface area contributed by atoms with Crippen molar-refractivity contribution in [1.82, 2.24) is 0 Å². The molecule has 1 nitrogen and oxygen atoms in total. The van der Waals surface area contributed by atoms with Gasteiger partial charge < -0.3 is 4.74 Å². The Morgan fingerprint density at radius 2 is 2.83 bits per heavy atom. The molecule has 0 aromatic carbocycles. The minimum absolute atomic E-state index is 0.845. The molecule has 0 bridgehead atoms. The lowest BCUT2D eigenvalue weighted by molar-refractivity contribution is 0.269. The molecule has 1 radical (unpaired) electrons. The Hall–Kier alpha value is -0.110. The van der Waals surface area contributed by atoms with Crippen molar-refractivity contribution in [3.05, 3.63) is 11.7 Å². The summed E-state index contributed by atoms with van der Waals surface area (Å²) in [5.41, 5.74) is 0. The highest BCUT2D eigenvalue weighted by atomic mass is 32.2. The second-order valence-corrected chi connectivity index (χ2v) is 1.89. The first kappa shape index (κ1) is 4.06. The van der Waals surface area contributed by atoms with E-state index in [4.69, 9.17) is 4.74 Å². The van der Waals surface area contributed by atoms with Crippen LogP contribution in [-0.4, -0.2) is 12.4 Å². The van der Waals surface area contributed by atoms with Crippen LogP contribution in [0.1, 0.15) is 0 Å². The normalized spacial score (nSPS) is 20.0. The molecule has 0 aliphatic carbocycles. The van der Waals surface area contributed by atoms with Gasteiger partial charge in [0.2, 0.25) is 0 Å². The summed E-state index contributed by atoms with van der Waals surface area (Å²) >= 11 is 1.66. The quantitative estimate of drug-likeness (QED) is 0.450. The van der Waals surface area contributed by atoms with Gasteiger partial charge in [0.05, 0.1) is 18.3 Å². The largest absolute Gasteiger partial charge is 0.499 e. The predicted octanol–water partition coefficient (Wildman–Crippen LogP) is 1.02. The molecule has 0 aromatic rings. The number of thioether (sulfide) groups is 1. The predicted molar refractivity (Wildman–Crippen MR) is 26.2 cm³/mol. The van der Waals surface area contributed by atoms with Crippen molar-refractivity contribution in [3.63, 3.8) is 0 Å². The smallest absolute Gasteiger partial charge is 0.0977 e. The van der Waals surface area contributed by atoms with Gasteiger partial charge in [0.25, 0.3) is 0 Å². The summed E-state index contributed by atoms with van der Waals surface area (Å²) in [6, 6.07) is 0. The molecule has 1 aliphatic heterocycles. The maximum atomic E-state index is 4.81. The summed E-state index contributed by atoms with van der Waals surface area (Å²) in [7, 11) is 0. The SMILES string of the molecule is [C]1=COCCS1. The van der Waals surface area contributed by atoms with Crippen LogP contribution in [0.3, 0.4) is 0 Å². The van der Waals surface area contributed by atoms with E-state index in [2.05, 4.69) is 5.41 Å². The van der Waals surface area contributed by atoms with Gasteiger partial charge in [-0.25, -0.2) is 0 Å². The average molecular weight is 101 g/mol. The van der Waals surface area contributed by atoms with E-state index in [0.717, 1.165) is 12.4 Å². The topological polar surface area (TPSA) is 9.23 Å². The van der Waals surface area contributed by atoms with E-state index in [1.54, 1.807) is 18.0 Å². The summed E-state index contributed by atoms with van der Waals surface area (Å²) in [5.74, 6) is 1.05. The first-order valence-electron chi connectivity index (χ1n) is 1.81. The molecule has 1 aliphatic rings. The van der Waals surface area contributed by atoms with Crippen molar-refractivity contribution in [2.24, 2.45) is 0 Å². The molecule has 0 atom stereocenters. The highest BCUT2D eigenvalue weighted by Crippen LogP contribution is 2.04. The van der Waals surface area contributed by atoms with E-state index in [1.807, 2.05) is 0 Å². The van der Waals surface area contributed by atoms with Crippen LogP contribution >= 0.6 is 11.8 Å². The molecule has 0 saturated carbocycles. The number of hydrogen-bond acceptors (Lipinski definition) is 2.